The topological polar surface area (TPSA) is 28.2 Å². The Kier molecular flexibility index (Phi) is 3.34. The Morgan fingerprint density at radius 2 is 2.07 bits per heavy atom. The molecule has 2 heterocycles. The van der Waals surface area contributed by atoms with Crippen molar-refractivity contribution in [1.29, 1.82) is 0 Å². The molecule has 0 unspecified atom stereocenters. The summed E-state index contributed by atoms with van der Waals surface area (Å²) in [5.74, 6) is 0. The lowest BCUT2D eigenvalue weighted by molar-refractivity contribution is 0.182. The minimum absolute atomic E-state index is 0.437. The fourth-order valence-electron chi connectivity index (χ4n) is 2.05. The molecule has 0 aliphatic carbocycles. The van der Waals surface area contributed by atoms with Gasteiger partial charge in [-0.2, -0.15) is 0 Å². The molecule has 0 amide bonds. The van der Waals surface area contributed by atoms with Crippen LogP contribution in [0.15, 0.2) is 18.2 Å². The molecule has 0 bridgehead atoms. The molecule has 1 aliphatic rings. The van der Waals surface area contributed by atoms with Gasteiger partial charge in [-0.05, 0) is 26.0 Å². The van der Waals surface area contributed by atoms with Crippen LogP contribution < -0.4 is 5.32 Å². The van der Waals surface area contributed by atoms with Gasteiger partial charge in [0.25, 0.3) is 0 Å². The number of pyridine rings is 1. The summed E-state index contributed by atoms with van der Waals surface area (Å²) < 4.78 is 0. The minimum Gasteiger partial charge on any atom is -0.314 e. The first-order chi connectivity index (χ1) is 7.27. The summed E-state index contributed by atoms with van der Waals surface area (Å²) >= 11 is 0. The lowest BCUT2D eigenvalue weighted by atomic mass is 10.1. The number of piperazine rings is 1. The summed E-state index contributed by atoms with van der Waals surface area (Å²) in [6, 6.07) is 6.70. The van der Waals surface area contributed by atoms with Gasteiger partial charge >= 0.3 is 0 Å². The Balaban J connectivity index is 2.08. The molecule has 2 rings (SSSR count). The summed E-state index contributed by atoms with van der Waals surface area (Å²) in [5.41, 5.74) is 2.30. The van der Waals surface area contributed by atoms with E-state index in [0.29, 0.717) is 6.04 Å². The van der Waals surface area contributed by atoms with Crippen LogP contribution in [0.4, 0.5) is 0 Å². The molecule has 1 saturated heterocycles. The molecule has 1 aromatic rings. The van der Waals surface area contributed by atoms with Crippen molar-refractivity contribution in [2.24, 2.45) is 0 Å². The van der Waals surface area contributed by atoms with Crippen molar-refractivity contribution in [1.82, 2.24) is 15.2 Å². The zero-order valence-corrected chi connectivity index (χ0v) is 9.53. The highest BCUT2D eigenvalue weighted by Gasteiger charge is 2.18. The van der Waals surface area contributed by atoms with Crippen LogP contribution in [0, 0.1) is 6.92 Å². The maximum absolute atomic E-state index is 4.59. The Hall–Kier alpha value is -0.930. The molecule has 1 N–H and O–H groups in total. The molecule has 1 aliphatic heterocycles. The summed E-state index contributed by atoms with van der Waals surface area (Å²) in [6.07, 6.45) is 0. The van der Waals surface area contributed by atoms with E-state index in [-0.39, 0.29) is 0 Å². The summed E-state index contributed by atoms with van der Waals surface area (Å²) in [4.78, 5) is 7.07. The van der Waals surface area contributed by atoms with E-state index in [1.165, 1.54) is 5.69 Å². The van der Waals surface area contributed by atoms with E-state index in [2.05, 4.69) is 34.3 Å². The van der Waals surface area contributed by atoms with Gasteiger partial charge in [-0.1, -0.05) is 6.07 Å². The van der Waals surface area contributed by atoms with Crippen LogP contribution >= 0.6 is 0 Å². The smallest absolute Gasteiger partial charge is 0.0575 e. The third-order valence-electron chi connectivity index (χ3n) is 3.04. The lowest BCUT2D eigenvalue weighted by Gasteiger charge is -2.32. The predicted molar refractivity (Wildman–Crippen MR) is 61.8 cm³/mol. The molecule has 3 heteroatoms. The SMILES string of the molecule is Cc1cccc([C@H](C)N2CCNCC2)n1. The average Bonchev–Trinajstić information content (AvgIpc) is 2.29. The third-order valence-corrected chi connectivity index (χ3v) is 3.04. The standard InChI is InChI=1S/C12H19N3/c1-10-4-3-5-12(14-10)11(2)15-8-6-13-7-9-15/h3-5,11,13H,6-9H2,1-2H3/t11-/m0/s1. The van der Waals surface area contributed by atoms with Gasteiger partial charge in [-0.25, -0.2) is 0 Å². The van der Waals surface area contributed by atoms with Crippen LogP contribution in [-0.2, 0) is 0 Å². The molecule has 1 atom stereocenters. The first kappa shape index (κ1) is 10.6. The number of aryl methyl sites for hydroxylation is 1. The second-order valence-electron chi connectivity index (χ2n) is 4.17. The zero-order chi connectivity index (χ0) is 10.7. The lowest BCUT2D eigenvalue weighted by Crippen LogP contribution is -2.44. The van der Waals surface area contributed by atoms with E-state index in [1.54, 1.807) is 0 Å². The third kappa shape index (κ3) is 2.55. The van der Waals surface area contributed by atoms with E-state index >= 15 is 0 Å². The van der Waals surface area contributed by atoms with Crippen molar-refractivity contribution in [2.45, 2.75) is 19.9 Å². The van der Waals surface area contributed by atoms with Gasteiger partial charge < -0.3 is 5.32 Å². The van der Waals surface area contributed by atoms with Gasteiger partial charge in [0, 0.05) is 37.9 Å². The number of nitrogens with one attached hydrogen (secondary N) is 1. The quantitative estimate of drug-likeness (QED) is 0.790. The second-order valence-corrected chi connectivity index (χ2v) is 4.17. The Morgan fingerprint density at radius 1 is 1.33 bits per heavy atom. The summed E-state index contributed by atoms with van der Waals surface area (Å²) in [5, 5.41) is 3.37. The molecule has 0 saturated carbocycles. The van der Waals surface area contributed by atoms with Gasteiger partial charge in [0.15, 0.2) is 0 Å². The first-order valence-corrected chi connectivity index (χ1v) is 5.66. The molecule has 15 heavy (non-hydrogen) atoms. The maximum Gasteiger partial charge on any atom is 0.0575 e. The van der Waals surface area contributed by atoms with E-state index < -0.39 is 0 Å². The first-order valence-electron chi connectivity index (χ1n) is 5.66. The van der Waals surface area contributed by atoms with Crippen molar-refractivity contribution in [3.05, 3.63) is 29.6 Å². The fraction of sp³-hybridized carbons (Fsp3) is 0.583. The molecule has 0 aromatic carbocycles. The molecular formula is C12H19N3. The highest BCUT2D eigenvalue weighted by Crippen LogP contribution is 2.18. The maximum atomic E-state index is 4.59. The van der Waals surface area contributed by atoms with Gasteiger partial charge in [-0.3, -0.25) is 9.88 Å². The Morgan fingerprint density at radius 3 is 2.73 bits per heavy atom. The monoisotopic (exact) mass is 205 g/mol. The number of hydrogen-bond donors (Lipinski definition) is 1. The highest BCUT2D eigenvalue weighted by atomic mass is 15.2. The van der Waals surface area contributed by atoms with Crippen molar-refractivity contribution in [2.75, 3.05) is 26.2 Å². The molecular weight excluding hydrogens is 186 g/mol. The summed E-state index contributed by atoms with van der Waals surface area (Å²) in [7, 11) is 0. The van der Waals surface area contributed by atoms with E-state index in [1.807, 2.05) is 13.0 Å². The number of aromatic nitrogens is 1. The van der Waals surface area contributed by atoms with Crippen molar-refractivity contribution in [3.63, 3.8) is 0 Å². The Bertz CT molecular complexity index is 318. The van der Waals surface area contributed by atoms with Gasteiger partial charge in [0.05, 0.1) is 5.69 Å². The molecule has 3 nitrogen and oxygen atoms in total. The molecule has 0 spiro atoms. The van der Waals surface area contributed by atoms with Crippen LogP contribution in [0.25, 0.3) is 0 Å². The minimum atomic E-state index is 0.437. The van der Waals surface area contributed by atoms with Crippen molar-refractivity contribution >= 4 is 0 Å². The Labute approximate surface area is 91.5 Å². The molecule has 1 fully saturated rings. The zero-order valence-electron chi connectivity index (χ0n) is 9.53. The second kappa shape index (κ2) is 4.73. The predicted octanol–water partition coefficient (Wildman–Crippen LogP) is 1.36. The molecule has 1 aromatic heterocycles. The van der Waals surface area contributed by atoms with Crippen LogP contribution in [-0.4, -0.2) is 36.1 Å². The van der Waals surface area contributed by atoms with E-state index in [4.69, 9.17) is 0 Å². The van der Waals surface area contributed by atoms with Gasteiger partial charge in [-0.15, -0.1) is 0 Å². The number of hydrogen-bond acceptors (Lipinski definition) is 3. The van der Waals surface area contributed by atoms with Crippen molar-refractivity contribution in [3.8, 4) is 0 Å². The normalized spacial score (nSPS) is 20.1. The van der Waals surface area contributed by atoms with Crippen LogP contribution in [0.1, 0.15) is 24.4 Å². The number of nitrogens with zero attached hydrogens (tertiary/aromatic N) is 2. The van der Waals surface area contributed by atoms with Crippen LogP contribution in [0.3, 0.4) is 0 Å². The van der Waals surface area contributed by atoms with Gasteiger partial charge in [0.1, 0.15) is 0 Å². The highest BCUT2D eigenvalue weighted by molar-refractivity contribution is 5.13. The number of rotatable bonds is 2. The average molecular weight is 205 g/mol. The summed E-state index contributed by atoms with van der Waals surface area (Å²) in [6.45, 7) is 8.72. The van der Waals surface area contributed by atoms with E-state index in [0.717, 1.165) is 31.9 Å². The fourth-order valence-corrected chi connectivity index (χ4v) is 2.05. The van der Waals surface area contributed by atoms with Crippen LogP contribution in [0.2, 0.25) is 0 Å². The molecule has 82 valence electrons. The molecule has 0 radical (unpaired) electrons. The van der Waals surface area contributed by atoms with Crippen LogP contribution in [0.5, 0.6) is 0 Å². The van der Waals surface area contributed by atoms with Crippen molar-refractivity contribution < 1.29 is 0 Å². The van der Waals surface area contributed by atoms with E-state index in [9.17, 15) is 0 Å². The largest absolute Gasteiger partial charge is 0.314 e. The van der Waals surface area contributed by atoms with Gasteiger partial charge in [0.2, 0.25) is 0 Å².